The number of nitrogens with zero attached hydrogens (tertiary/aromatic N) is 3. The average molecular weight is 334 g/mol. The van der Waals surface area contributed by atoms with Crippen LogP contribution in [-0.2, 0) is 12.7 Å². The largest absolute Gasteiger partial charge is 0.435 e. The number of aliphatic hydroxyl groups excluding tert-OH is 1. The Morgan fingerprint density at radius 2 is 2.17 bits per heavy atom. The first-order chi connectivity index (χ1) is 10.8. The molecule has 0 aliphatic carbocycles. The minimum Gasteiger partial charge on any atom is -0.395 e. The van der Waals surface area contributed by atoms with Crippen LogP contribution in [0.4, 0.5) is 13.2 Å². The maximum atomic E-state index is 13.2. The third-order valence-corrected chi connectivity index (χ3v) is 4.15. The summed E-state index contributed by atoms with van der Waals surface area (Å²) in [5.74, 6) is -0.866. The van der Waals surface area contributed by atoms with E-state index in [0.29, 0.717) is 6.54 Å². The monoisotopic (exact) mass is 334 g/mol. The van der Waals surface area contributed by atoms with Crippen LogP contribution >= 0.6 is 0 Å². The number of alkyl halides is 3. The highest BCUT2D eigenvalue weighted by molar-refractivity contribution is 5.96. The van der Waals surface area contributed by atoms with E-state index < -0.39 is 23.3 Å². The second kappa shape index (κ2) is 6.88. The number of rotatable bonds is 5. The predicted molar refractivity (Wildman–Crippen MR) is 77.0 cm³/mol. The first-order valence-corrected chi connectivity index (χ1v) is 7.49. The third-order valence-electron chi connectivity index (χ3n) is 4.15. The number of aliphatic hydroxyl groups is 1. The predicted octanol–water partition coefficient (Wildman–Crippen LogP) is 1.03. The lowest BCUT2D eigenvalue weighted by Gasteiger charge is -2.20. The van der Waals surface area contributed by atoms with Crippen LogP contribution in [-0.4, -0.2) is 58.5 Å². The lowest BCUT2D eigenvalue weighted by Crippen LogP contribution is -2.30. The van der Waals surface area contributed by atoms with Crippen molar-refractivity contribution in [3.05, 3.63) is 17.0 Å². The molecule has 0 spiro atoms. The fraction of sp³-hybridized carbons (Fsp3) is 0.714. The van der Waals surface area contributed by atoms with Crippen LogP contribution in [0.2, 0.25) is 0 Å². The first-order valence-electron chi connectivity index (χ1n) is 7.49. The van der Waals surface area contributed by atoms with Gasteiger partial charge in [0.1, 0.15) is 0 Å². The summed E-state index contributed by atoms with van der Waals surface area (Å²) in [6.45, 7) is 2.24. The van der Waals surface area contributed by atoms with E-state index in [1.54, 1.807) is 0 Å². The summed E-state index contributed by atoms with van der Waals surface area (Å²) in [6, 6.07) is 0.114. The first kappa shape index (κ1) is 17.7. The lowest BCUT2D eigenvalue weighted by molar-refractivity contribution is -0.141. The molecule has 2 N–H and O–H groups in total. The van der Waals surface area contributed by atoms with Gasteiger partial charge in [0.2, 0.25) is 0 Å². The van der Waals surface area contributed by atoms with E-state index in [4.69, 9.17) is 5.11 Å². The summed E-state index contributed by atoms with van der Waals surface area (Å²) >= 11 is 0. The molecule has 1 unspecified atom stereocenters. The highest BCUT2D eigenvalue weighted by atomic mass is 19.4. The number of likely N-dealkylation sites (N-methyl/N-ethyl adjacent to an activating group) is 1. The molecule has 1 aromatic rings. The van der Waals surface area contributed by atoms with Gasteiger partial charge in [-0.1, -0.05) is 0 Å². The van der Waals surface area contributed by atoms with E-state index in [9.17, 15) is 18.0 Å². The molecule has 0 radical (unpaired) electrons. The van der Waals surface area contributed by atoms with Crippen LogP contribution in [0.3, 0.4) is 0 Å². The highest BCUT2D eigenvalue weighted by Gasteiger charge is 2.41. The molecular formula is C14H21F3N4O2. The maximum Gasteiger partial charge on any atom is 0.435 e. The Morgan fingerprint density at radius 1 is 1.48 bits per heavy atom. The number of aromatic nitrogens is 2. The van der Waals surface area contributed by atoms with Gasteiger partial charge in [-0.05, 0) is 33.4 Å². The SMILES string of the molecule is Cc1c(C(=O)NCCO)c(C(F)(F)F)nn1CC1CCCN1C. The molecular weight excluding hydrogens is 313 g/mol. The molecule has 1 fully saturated rings. The van der Waals surface area contributed by atoms with Crippen LogP contribution < -0.4 is 5.32 Å². The minimum absolute atomic E-state index is 0.105. The molecule has 0 bridgehead atoms. The van der Waals surface area contributed by atoms with Crippen molar-refractivity contribution in [3.8, 4) is 0 Å². The maximum absolute atomic E-state index is 13.2. The van der Waals surface area contributed by atoms with Crippen LogP contribution in [0, 0.1) is 6.92 Å². The normalized spacial score (nSPS) is 19.3. The summed E-state index contributed by atoms with van der Waals surface area (Å²) in [5, 5.41) is 14.6. The summed E-state index contributed by atoms with van der Waals surface area (Å²) in [7, 11) is 1.93. The number of nitrogens with one attached hydrogen (secondary N) is 1. The highest BCUT2D eigenvalue weighted by Crippen LogP contribution is 2.33. The Kier molecular flexibility index (Phi) is 5.30. The van der Waals surface area contributed by atoms with Crippen molar-refractivity contribution in [2.24, 2.45) is 0 Å². The van der Waals surface area contributed by atoms with E-state index in [1.807, 2.05) is 7.05 Å². The van der Waals surface area contributed by atoms with Gasteiger partial charge in [-0.25, -0.2) is 0 Å². The van der Waals surface area contributed by atoms with Gasteiger partial charge in [-0.2, -0.15) is 18.3 Å². The molecule has 1 atom stereocenters. The molecule has 6 nitrogen and oxygen atoms in total. The standard InChI is InChI=1S/C14H21F3N4O2/c1-9-11(13(23)18-5-7-22)12(14(15,16)17)19-21(9)8-10-4-3-6-20(10)2/h10,22H,3-8H2,1-2H3,(H,18,23). The van der Waals surface area contributed by atoms with Gasteiger partial charge in [0.15, 0.2) is 5.69 Å². The molecule has 1 aliphatic rings. The number of halogens is 3. The fourth-order valence-electron chi connectivity index (χ4n) is 2.86. The van der Waals surface area contributed by atoms with Crippen molar-refractivity contribution >= 4 is 5.91 Å². The summed E-state index contributed by atoms with van der Waals surface area (Å²) in [4.78, 5) is 14.1. The molecule has 2 heterocycles. The zero-order valence-electron chi connectivity index (χ0n) is 13.2. The van der Waals surface area contributed by atoms with Crippen molar-refractivity contribution in [1.82, 2.24) is 20.0 Å². The molecule has 1 saturated heterocycles. The lowest BCUT2D eigenvalue weighted by atomic mass is 10.1. The van der Waals surface area contributed by atoms with Crippen molar-refractivity contribution in [2.45, 2.75) is 38.5 Å². The number of carbonyl (C=O) groups is 1. The van der Waals surface area contributed by atoms with Gasteiger partial charge in [0.25, 0.3) is 5.91 Å². The van der Waals surface area contributed by atoms with E-state index in [2.05, 4.69) is 15.3 Å². The van der Waals surface area contributed by atoms with Gasteiger partial charge >= 0.3 is 6.18 Å². The van der Waals surface area contributed by atoms with Crippen molar-refractivity contribution in [3.63, 3.8) is 0 Å². The van der Waals surface area contributed by atoms with Gasteiger partial charge < -0.3 is 15.3 Å². The number of likely N-dealkylation sites (tertiary alicyclic amines) is 1. The molecule has 0 saturated carbocycles. The third kappa shape index (κ3) is 3.84. The van der Waals surface area contributed by atoms with Crippen LogP contribution in [0.15, 0.2) is 0 Å². The van der Waals surface area contributed by atoms with E-state index in [-0.39, 0.29) is 24.9 Å². The van der Waals surface area contributed by atoms with Gasteiger partial charge in [-0.15, -0.1) is 0 Å². The molecule has 23 heavy (non-hydrogen) atoms. The Balaban J connectivity index is 2.33. The quantitative estimate of drug-likeness (QED) is 0.844. The van der Waals surface area contributed by atoms with Gasteiger partial charge in [0.05, 0.1) is 18.7 Å². The summed E-state index contributed by atoms with van der Waals surface area (Å²) < 4.78 is 40.9. The second-order valence-corrected chi connectivity index (χ2v) is 5.75. The topological polar surface area (TPSA) is 70.4 Å². The van der Waals surface area contributed by atoms with Crippen LogP contribution in [0.25, 0.3) is 0 Å². The summed E-state index contributed by atoms with van der Waals surface area (Å²) in [5.41, 5.74) is -1.45. The van der Waals surface area contributed by atoms with Crippen molar-refractivity contribution in [2.75, 3.05) is 26.7 Å². The zero-order chi connectivity index (χ0) is 17.2. The molecule has 0 aromatic carbocycles. The Hall–Kier alpha value is -1.61. The Labute approximate surface area is 132 Å². The van der Waals surface area contributed by atoms with E-state index in [1.165, 1.54) is 11.6 Å². The van der Waals surface area contributed by atoms with Gasteiger partial charge in [0, 0.05) is 18.3 Å². The molecule has 1 aliphatic heterocycles. The zero-order valence-corrected chi connectivity index (χ0v) is 13.2. The molecule has 1 amide bonds. The number of hydrogen-bond donors (Lipinski definition) is 2. The second-order valence-electron chi connectivity index (χ2n) is 5.75. The Morgan fingerprint density at radius 3 is 2.70 bits per heavy atom. The molecule has 1 aromatic heterocycles. The molecule has 130 valence electrons. The van der Waals surface area contributed by atoms with Crippen LogP contribution in [0.5, 0.6) is 0 Å². The smallest absolute Gasteiger partial charge is 0.395 e. The van der Waals surface area contributed by atoms with E-state index in [0.717, 1.165) is 19.4 Å². The number of carbonyl (C=O) groups excluding carboxylic acids is 1. The summed E-state index contributed by atoms with van der Waals surface area (Å²) in [6.07, 6.45) is -2.82. The molecule has 2 rings (SSSR count). The Bertz CT molecular complexity index is 571. The number of hydrogen-bond acceptors (Lipinski definition) is 4. The van der Waals surface area contributed by atoms with E-state index >= 15 is 0 Å². The van der Waals surface area contributed by atoms with Crippen molar-refractivity contribution in [1.29, 1.82) is 0 Å². The fourth-order valence-corrected chi connectivity index (χ4v) is 2.86. The average Bonchev–Trinajstić information content (AvgIpc) is 3.01. The van der Waals surface area contributed by atoms with Gasteiger partial charge in [-0.3, -0.25) is 9.48 Å². The molecule has 9 heteroatoms. The van der Waals surface area contributed by atoms with Crippen LogP contribution in [0.1, 0.15) is 34.6 Å². The minimum atomic E-state index is -4.70. The number of amides is 1. The van der Waals surface area contributed by atoms with Crippen molar-refractivity contribution < 1.29 is 23.1 Å².